The van der Waals surface area contributed by atoms with Crippen LogP contribution < -0.4 is 0 Å². The Kier molecular flexibility index (Phi) is 7.10. The molecule has 3 aromatic rings. The Morgan fingerprint density at radius 2 is 1.70 bits per heavy atom. The molecule has 0 aliphatic carbocycles. The van der Waals surface area contributed by atoms with Gasteiger partial charge in [0.25, 0.3) is 5.92 Å². The Morgan fingerprint density at radius 1 is 1.05 bits per heavy atom. The van der Waals surface area contributed by atoms with Gasteiger partial charge in [0.15, 0.2) is 0 Å². The second-order valence-electron chi connectivity index (χ2n) is 11.3. The average molecular weight is 509 g/mol. The van der Waals surface area contributed by atoms with Crippen LogP contribution in [0.4, 0.5) is 8.78 Å². The lowest BCUT2D eigenvalue weighted by atomic mass is 9.87. The summed E-state index contributed by atoms with van der Waals surface area (Å²) in [6.45, 7) is 10.8. The van der Waals surface area contributed by atoms with Gasteiger partial charge in [0, 0.05) is 66.9 Å². The molecule has 7 heteroatoms. The van der Waals surface area contributed by atoms with Gasteiger partial charge in [-0.1, -0.05) is 19.9 Å². The van der Waals surface area contributed by atoms with Crippen molar-refractivity contribution in [1.29, 1.82) is 0 Å². The third-order valence-corrected chi connectivity index (χ3v) is 8.08. The van der Waals surface area contributed by atoms with Crippen molar-refractivity contribution in [2.24, 2.45) is 0 Å². The molecule has 2 fully saturated rings. The summed E-state index contributed by atoms with van der Waals surface area (Å²) in [5.74, 6) is -1.74. The Bertz CT molecular complexity index is 1260. The summed E-state index contributed by atoms with van der Waals surface area (Å²) in [4.78, 5) is 24.9. The number of nitrogens with zero attached hydrogens (tertiary/aromatic N) is 3. The zero-order valence-corrected chi connectivity index (χ0v) is 22.4. The van der Waals surface area contributed by atoms with E-state index >= 15 is 0 Å². The van der Waals surface area contributed by atoms with Crippen molar-refractivity contribution in [3.8, 4) is 11.3 Å². The molecule has 37 heavy (non-hydrogen) atoms. The highest BCUT2D eigenvalue weighted by Crippen LogP contribution is 2.38. The highest BCUT2D eigenvalue weighted by atomic mass is 19.3. The van der Waals surface area contributed by atoms with Crippen molar-refractivity contribution in [3.63, 3.8) is 0 Å². The van der Waals surface area contributed by atoms with Crippen LogP contribution in [0.2, 0.25) is 0 Å². The second-order valence-corrected chi connectivity index (χ2v) is 11.3. The molecule has 0 saturated carbocycles. The molecular weight excluding hydrogens is 470 g/mol. The maximum absolute atomic E-state index is 13.4. The largest absolute Gasteiger partial charge is 0.354 e. The number of H-pyrrole nitrogens is 1. The zero-order valence-electron chi connectivity index (χ0n) is 22.4. The molecule has 0 spiro atoms. The predicted molar refractivity (Wildman–Crippen MR) is 144 cm³/mol. The van der Waals surface area contributed by atoms with E-state index in [1.165, 1.54) is 27.8 Å². The number of likely N-dealkylation sites (tertiary alicyclic amines) is 2. The fraction of sp³-hybridized carbons (Fsp3) is 0.533. The number of benzene rings is 1. The maximum Gasteiger partial charge on any atom is 0.250 e. The third kappa shape index (κ3) is 5.57. The van der Waals surface area contributed by atoms with E-state index in [0.29, 0.717) is 24.9 Å². The number of nitrogens with one attached hydrogen (secondary N) is 1. The van der Waals surface area contributed by atoms with Gasteiger partial charge < -0.3 is 9.88 Å². The first-order valence-electron chi connectivity index (χ1n) is 13.6. The average Bonchev–Trinajstić information content (AvgIpc) is 3.24. The van der Waals surface area contributed by atoms with Crippen molar-refractivity contribution in [1.82, 2.24) is 19.8 Å². The Hall–Kier alpha value is -2.80. The molecule has 0 unspecified atom stereocenters. The highest BCUT2D eigenvalue weighted by molar-refractivity contribution is 5.92. The van der Waals surface area contributed by atoms with Crippen LogP contribution in [-0.4, -0.2) is 64.3 Å². The molecule has 5 rings (SSSR count). The summed E-state index contributed by atoms with van der Waals surface area (Å²) in [5.41, 5.74) is 8.19. The lowest BCUT2D eigenvalue weighted by Gasteiger charge is -2.36. The van der Waals surface area contributed by atoms with Gasteiger partial charge in [0.2, 0.25) is 5.91 Å². The maximum atomic E-state index is 13.4. The monoisotopic (exact) mass is 508 g/mol. The molecule has 1 amide bonds. The molecule has 2 aliphatic heterocycles. The molecule has 1 aromatic carbocycles. The van der Waals surface area contributed by atoms with Gasteiger partial charge in [-0.3, -0.25) is 14.7 Å². The summed E-state index contributed by atoms with van der Waals surface area (Å²) in [5, 5.41) is 1.27. The molecule has 5 nitrogen and oxygen atoms in total. The number of carbonyl (C=O) groups excluding carboxylic acids is 1. The van der Waals surface area contributed by atoms with E-state index in [0.717, 1.165) is 42.8 Å². The van der Waals surface area contributed by atoms with Gasteiger partial charge in [-0.2, -0.15) is 0 Å². The molecule has 0 radical (unpaired) electrons. The van der Waals surface area contributed by atoms with Crippen LogP contribution in [0.1, 0.15) is 73.9 Å². The van der Waals surface area contributed by atoms with Crippen LogP contribution in [0.25, 0.3) is 22.2 Å². The third-order valence-electron chi connectivity index (χ3n) is 8.08. The van der Waals surface area contributed by atoms with E-state index in [1.54, 1.807) is 0 Å². The number of hydrogen-bond donors (Lipinski definition) is 1. The van der Waals surface area contributed by atoms with Gasteiger partial charge in [0.05, 0.1) is 12.2 Å². The van der Waals surface area contributed by atoms with Gasteiger partial charge in [-0.05, 0) is 73.9 Å². The van der Waals surface area contributed by atoms with Crippen LogP contribution in [0.5, 0.6) is 0 Å². The van der Waals surface area contributed by atoms with Crippen molar-refractivity contribution < 1.29 is 13.6 Å². The van der Waals surface area contributed by atoms with Crippen LogP contribution in [-0.2, 0) is 4.79 Å². The van der Waals surface area contributed by atoms with Crippen LogP contribution in [0.3, 0.4) is 0 Å². The van der Waals surface area contributed by atoms with Crippen molar-refractivity contribution >= 4 is 16.8 Å². The molecule has 1 N–H and O–H groups in total. The minimum Gasteiger partial charge on any atom is -0.354 e. The fourth-order valence-electron chi connectivity index (χ4n) is 6.08. The van der Waals surface area contributed by atoms with Gasteiger partial charge in [-0.15, -0.1) is 0 Å². The summed E-state index contributed by atoms with van der Waals surface area (Å²) in [6, 6.07) is 11.1. The lowest BCUT2D eigenvalue weighted by Crippen LogP contribution is -2.47. The second kappa shape index (κ2) is 10.2. The first-order chi connectivity index (χ1) is 17.6. The van der Waals surface area contributed by atoms with Crippen LogP contribution in [0.15, 0.2) is 30.3 Å². The zero-order chi connectivity index (χ0) is 26.3. The van der Waals surface area contributed by atoms with Crippen molar-refractivity contribution in [3.05, 3.63) is 52.8 Å². The van der Waals surface area contributed by atoms with E-state index in [2.05, 4.69) is 54.1 Å². The van der Waals surface area contributed by atoms with E-state index in [1.807, 2.05) is 23.6 Å². The van der Waals surface area contributed by atoms with Gasteiger partial charge >= 0.3 is 0 Å². The normalized spacial score (nSPS) is 19.2. The van der Waals surface area contributed by atoms with E-state index in [4.69, 9.17) is 0 Å². The summed E-state index contributed by atoms with van der Waals surface area (Å²) in [7, 11) is 0. The number of hydrogen-bond acceptors (Lipinski definition) is 3. The number of piperidine rings is 2. The molecule has 198 valence electrons. The molecule has 2 aliphatic rings. The minimum atomic E-state index is -2.58. The van der Waals surface area contributed by atoms with Crippen LogP contribution >= 0.6 is 0 Å². The number of halogens is 2. The van der Waals surface area contributed by atoms with Crippen LogP contribution in [0, 0.1) is 13.8 Å². The lowest BCUT2D eigenvalue weighted by molar-refractivity contribution is -0.135. The molecule has 4 heterocycles. The highest BCUT2D eigenvalue weighted by Gasteiger charge is 2.35. The number of aromatic nitrogens is 2. The van der Waals surface area contributed by atoms with E-state index in [9.17, 15) is 13.6 Å². The fourth-order valence-corrected chi connectivity index (χ4v) is 6.08. The quantitative estimate of drug-likeness (QED) is 0.433. The van der Waals surface area contributed by atoms with Crippen molar-refractivity contribution in [2.45, 2.75) is 71.1 Å². The smallest absolute Gasteiger partial charge is 0.250 e. The number of carbonyl (C=O) groups is 1. The topological polar surface area (TPSA) is 52.2 Å². The SMILES string of the molecule is Cc1cc(-c2[nH]c3ccc(C4CCN(C(=O)CN5CCC(F)(F)CC5)CC4)cc3c2C(C)C)cc(C)n1. The first kappa shape index (κ1) is 25.8. The Morgan fingerprint density at radius 3 is 2.32 bits per heavy atom. The van der Waals surface area contributed by atoms with Crippen molar-refractivity contribution in [2.75, 3.05) is 32.7 Å². The number of rotatable bonds is 5. The Labute approximate surface area is 218 Å². The number of aryl methyl sites for hydroxylation is 2. The molecule has 0 atom stereocenters. The summed E-state index contributed by atoms with van der Waals surface area (Å²) < 4.78 is 26.9. The number of aromatic amines is 1. The first-order valence-corrected chi connectivity index (χ1v) is 13.6. The predicted octanol–water partition coefficient (Wildman–Crippen LogP) is 6.41. The number of amides is 1. The Balaban J connectivity index is 1.30. The minimum absolute atomic E-state index is 0.0689. The van der Waals surface area contributed by atoms with Gasteiger partial charge in [-0.25, -0.2) is 8.78 Å². The molecule has 2 aromatic heterocycles. The molecule has 0 bridgehead atoms. The number of pyridine rings is 1. The molecule has 2 saturated heterocycles. The summed E-state index contributed by atoms with van der Waals surface area (Å²) in [6.07, 6.45) is 1.55. The molecular formula is C30H38F2N4O. The standard InChI is InChI=1S/C30H38F2N4O/c1-19(2)28-25-17-23(5-6-26(25)34-29(28)24-15-20(3)33-21(4)16-24)22-7-11-36(12-8-22)27(37)18-35-13-9-30(31,32)10-14-35/h5-6,15-17,19,22,34H,7-14,18H2,1-4H3. The van der Waals surface area contributed by atoms with E-state index < -0.39 is 5.92 Å². The number of alkyl halides is 2. The number of fused-ring (bicyclic) bond motifs is 1. The summed E-state index contributed by atoms with van der Waals surface area (Å²) >= 11 is 0. The van der Waals surface area contributed by atoms with Gasteiger partial charge in [0.1, 0.15) is 0 Å². The van der Waals surface area contributed by atoms with E-state index in [-0.39, 0.29) is 25.3 Å².